The summed E-state index contributed by atoms with van der Waals surface area (Å²) in [7, 11) is 0. The molecule has 1 saturated carbocycles. The highest BCUT2D eigenvalue weighted by molar-refractivity contribution is 7.80. The molecule has 0 N–H and O–H groups in total. The summed E-state index contributed by atoms with van der Waals surface area (Å²) in [6.07, 6.45) is 6.98. The molecule has 0 radical (unpaired) electrons. The minimum Gasteiger partial charge on any atom is -0.287 e. The molecule has 0 saturated heterocycles. The zero-order valence-electron chi connectivity index (χ0n) is 13.5. The van der Waals surface area contributed by atoms with Gasteiger partial charge in [0.25, 0.3) is 0 Å². The molecule has 3 aliphatic rings. The molecule has 120 valence electrons. The first-order valence-corrected chi connectivity index (χ1v) is 9.09. The standard InChI is InChI=1S/C19H22N2OS/c1-2-21-17(22)15-16(20-18(21)23)14-9-5-4-8-13(14)12-19(15)10-6-3-7-11-19/h4-5,8-9,15H,2-3,6-7,10-12H2,1H3. The van der Waals surface area contributed by atoms with E-state index >= 15 is 0 Å². The van der Waals surface area contributed by atoms with Crippen molar-refractivity contribution in [2.24, 2.45) is 16.3 Å². The van der Waals surface area contributed by atoms with Crippen LogP contribution < -0.4 is 0 Å². The van der Waals surface area contributed by atoms with Gasteiger partial charge in [-0.05, 0) is 49.4 Å². The van der Waals surface area contributed by atoms with Gasteiger partial charge in [0.15, 0.2) is 0 Å². The lowest BCUT2D eigenvalue weighted by molar-refractivity contribution is -0.134. The number of thiocarbonyl (C=S) groups is 1. The molecule has 1 heterocycles. The molecule has 23 heavy (non-hydrogen) atoms. The molecule has 3 nitrogen and oxygen atoms in total. The van der Waals surface area contributed by atoms with Gasteiger partial charge >= 0.3 is 0 Å². The summed E-state index contributed by atoms with van der Waals surface area (Å²) in [5, 5.41) is 0.436. The summed E-state index contributed by atoms with van der Waals surface area (Å²) >= 11 is 5.41. The van der Waals surface area contributed by atoms with Crippen LogP contribution in [-0.4, -0.2) is 28.2 Å². The van der Waals surface area contributed by atoms with Gasteiger partial charge in [-0.25, -0.2) is 4.99 Å². The number of carbonyl (C=O) groups excluding carboxylic acids is 1. The summed E-state index contributed by atoms with van der Waals surface area (Å²) in [6.45, 7) is 2.59. The molecule has 1 spiro atoms. The van der Waals surface area contributed by atoms with Crippen LogP contribution in [0.5, 0.6) is 0 Å². The first-order valence-electron chi connectivity index (χ1n) is 8.68. The van der Waals surface area contributed by atoms with Crippen LogP contribution in [0.4, 0.5) is 0 Å². The van der Waals surface area contributed by atoms with E-state index in [0.717, 1.165) is 30.5 Å². The van der Waals surface area contributed by atoms with E-state index in [9.17, 15) is 4.79 Å². The second-order valence-corrected chi connectivity index (χ2v) is 7.42. The molecule has 1 atom stereocenters. The fraction of sp³-hybridized carbons (Fsp3) is 0.526. The van der Waals surface area contributed by atoms with Crippen molar-refractivity contribution >= 4 is 28.9 Å². The number of fused-ring (bicyclic) bond motifs is 4. The fourth-order valence-corrected chi connectivity index (χ4v) is 5.10. The number of carbonyl (C=O) groups is 1. The molecule has 1 amide bonds. The van der Waals surface area contributed by atoms with Crippen molar-refractivity contribution in [3.63, 3.8) is 0 Å². The monoisotopic (exact) mass is 326 g/mol. The molecule has 1 aliphatic heterocycles. The van der Waals surface area contributed by atoms with E-state index in [1.807, 2.05) is 13.0 Å². The zero-order chi connectivity index (χ0) is 16.0. The van der Waals surface area contributed by atoms with Crippen molar-refractivity contribution in [2.45, 2.75) is 45.4 Å². The number of amides is 1. The third-order valence-corrected chi connectivity index (χ3v) is 6.16. The number of hydrogen-bond donors (Lipinski definition) is 0. The Labute approximate surface area is 142 Å². The van der Waals surface area contributed by atoms with Crippen LogP contribution in [0.25, 0.3) is 0 Å². The van der Waals surface area contributed by atoms with E-state index in [4.69, 9.17) is 17.2 Å². The second-order valence-electron chi connectivity index (χ2n) is 7.05. The quantitative estimate of drug-likeness (QED) is 0.736. The van der Waals surface area contributed by atoms with Crippen molar-refractivity contribution in [1.82, 2.24) is 4.90 Å². The maximum atomic E-state index is 13.2. The number of hydrogen-bond acceptors (Lipinski definition) is 2. The highest BCUT2D eigenvalue weighted by atomic mass is 32.1. The van der Waals surface area contributed by atoms with E-state index in [1.165, 1.54) is 24.8 Å². The molecule has 1 aromatic rings. The predicted octanol–water partition coefficient (Wildman–Crippen LogP) is 3.75. The Morgan fingerprint density at radius 2 is 2.00 bits per heavy atom. The van der Waals surface area contributed by atoms with Crippen molar-refractivity contribution in [3.05, 3.63) is 35.4 Å². The molecule has 1 unspecified atom stereocenters. The maximum Gasteiger partial charge on any atom is 0.238 e. The summed E-state index contributed by atoms with van der Waals surface area (Å²) < 4.78 is 0. The molecule has 1 aromatic carbocycles. The third-order valence-electron chi connectivity index (χ3n) is 5.85. The largest absolute Gasteiger partial charge is 0.287 e. The molecule has 0 bridgehead atoms. The molecule has 4 rings (SSSR count). The van der Waals surface area contributed by atoms with Crippen LogP contribution >= 0.6 is 12.2 Å². The topological polar surface area (TPSA) is 32.7 Å². The zero-order valence-corrected chi connectivity index (χ0v) is 14.4. The second kappa shape index (κ2) is 5.52. The van der Waals surface area contributed by atoms with Gasteiger partial charge in [-0.2, -0.15) is 0 Å². The lowest BCUT2D eigenvalue weighted by atomic mass is 9.57. The van der Waals surface area contributed by atoms with E-state index < -0.39 is 0 Å². The fourth-order valence-electron chi connectivity index (χ4n) is 4.78. The Kier molecular flexibility index (Phi) is 3.60. The molecule has 4 heteroatoms. The number of nitrogens with zero attached hydrogens (tertiary/aromatic N) is 2. The highest BCUT2D eigenvalue weighted by Crippen LogP contribution is 2.51. The van der Waals surface area contributed by atoms with Crippen molar-refractivity contribution in [1.29, 1.82) is 0 Å². The maximum absolute atomic E-state index is 13.2. The van der Waals surface area contributed by atoms with E-state index in [-0.39, 0.29) is 17.2 Å². The summed E-state index contributed by atoms with van der Waals surface area (Å²) in [4.78, 5) is 19.7. The normalized spacial score (nSPS) is 25.9. The van der Waals surface area contributed by atoms with Crippen molar-refractivity contribution in [3.8, 4) is 0 Å². The molecule has 0 aromatic heterocycles. The van der Waals surface area contributed by atoms with Crippen LogP contribution in [-0.2, 0) is 11.2 Å². The van der Waals surface area contributed by atoms with Crippen LogP contribution in [0.1, 0.15) is 50.2 Å². The van der Waals surface area contributed by atoms with Gasteiger partial charge in [-0.3, -0.25) is 9.69 Å². The van der Waals surface area contributed by atoms with Crippen molar-refractivity contribution < 1.29 is 4.79 Å². The van der Waals surface area contributed by atoms with Gasteiger partial charge in [0.1, 0.15) is 0 Å². The smallest absolute Gasteiger partial charge is 0.238 e. The third kappa shape index (κ3) is 2.18. The summed E-state index contributed by atoms with van der Waals surface area (Å²) in [5.41, 5.74) is 3.46. The SMILES string of the molecule is CCN1C(=O)C2C(=NC1=S)c1ccccc1CC21CCCCC1. The minimum atomic E-state index is -0.107. The van der Waals surface area contributed by atoms with Gasteiger partial charge in [0.2, 0.25) is 11.0 Å². The molecule has 1 fully saturated rings. The first kappa shape index (κ1) is 15.0. The van der Waals surface area contributed by atoms with Gasteiger partial charge in [-0.15, -0.1) is 0 Å². The number of benzene rings is 1. The lowest BCUT2D eigenvalue weighted by Gasteiger charge is -2.49. The Hall–Kier alpha value is -1.55. The molecular weight excluding hydrogens is 304 g/mol. The van der Waals surface area contributed by atoms with E-state index in [1.54, 1.807) is 4.90 Å². The average Bonchev–Trinajstić information content (AvgIpc) is 2.55. The minimum absolute atomic E-state index is 0.0476. The van der Waals surface area contributed by atoms with Crippen LogP contribution in [0, 0.1) is 11.3 Å². The first-order chi connectivity index (χ1) is 11.2. The van der Waals surface area contributed by atoms with Gasteiger partial charge < -0.3 is 0 Å². The summed E-state index contributed by atoms with van der Waals surface area (Å²) in [6, 6.07) is 8.44. The Bertz CT molecular complexity index is 703. The average molecular weight is 326 g/mol. The van der Waals surface area contributed by atoms with Gasteiger partial charge in [0.05, 0.1) is 11.6 Å². The van der Waals surface area contributed by atoms with Gasteiger partial charge in [0, 0.05) is 12.1 Å². The predicted molar refractivity (Wildman–Crippen MR) is 95.7 cm³/mol. The Morgan fingerprint density at radius 1 is 1.26 bits per heavy atom. The Morgan fingerprint density at radius 3 is 2.74 bits per heavy atom. The number of rotatable bonds is 1. The highest BCUT2D eigenvalue weighted by Gasteiger charge is 2.52. The molecular formula is C19H22N2OS. The van der Waals surface area contributed by atoms with Crippen LogP contribution in [0.3, 0.4) is 0 Å². The van der Waals surface area contributed by atoms with Crippen molar-refractivity contribution in [2.75, 3.05) is 6.54 Å². The van der Waals surface area contributed by atoms with E-state index in [2.05, 4.69) is 18.2 Å². The van der Waals surface area contributed by atoms with Gasteiger partial charge in [-0.1, -0.05) is 43.5 Å². The summed E-state index contributed by atoms with van der Waals surface area (Å²) in [5.74, 6) is 0.0725. The lowest BCUT2D eigenvalue weighted by Crippen LogP contribution is -2.56. The van der Waals surface area contributed by atoms with Crippen LogP contribution in [0.2, 0.25) is 0 Å². The Balaban J connectivity index is 1.91. The van der Waals surface area contributed by atoms with Crippen LogP contribution in [0.15, 0.2) is 29.3 Å². The molecule has 2 aliphatic carbocycles. The number of aliphatic imine (C=N–C) groups is 1. The van der Waals surface area contributed by atoms with E-state index in [0.29, 0.717) is 11.7 Å².